The molecule has 382 valence electrons. The van der Waals surface area contributed by atoms with E-state index in [4.69, 9.17) is 37.9 Å². The van der Waals surface area contributed by atoms with Crippen LogP contribution in [-0.4, -0.2) is 129 Å². The van der Waals surface area contributed by atoms with Crippen LogP contribution < -0.4 is 10.1 Å². The van der Waals surface area contributed by atoms with Crippen molar-refractivity contribution >= 4 is 41.2 Å². The van der Waals surface area contributed by atoms with Crippen molar-refractivity contribution < 1.29 is 91.9 Å². The smallest absolute Gasteiger partial charge is 0.312 e. The number of nitrogens with one attached hydrogen (secondary N) is 1. The second-order valence-electron chi connectivity index (χ2n) is 19.5. The van der Waals surface area contributed by atoms with Gasteiger partial charge in [0.2, 0.25) is 5.78 Å². The highest BCUT2D eigenvalue weighted by Gasteiger charge is 2.52. The van der Waals surface area contributed by atoms with E-state index in [2.05, 4.69) is 5.32 Å². The van der Waals surface area contributed by atoms with Crippen molar-refractivity contribution in [1.82, 2.24) is 5.32 Å². The van der Waals surface area contributed by atoms with Gasteiger partial charge in [-0.05, 0) is 47.6 Å². The van der Waals surface area contributed by atoms with Crippen molar-refractivity contribution in [2.75, 3.05) is 6.79 Å². The molecular formula is C50H63NO19. The van der Waals surface area contributed by atoms with Gasteiger partial charge in [0.15, 0.2) is 12.1 Å². The Hall–Kier alpha value is -5.77. The first kappa shape index (κ1) is 53.6. The van der Waals surface area contributed by atoms with Crippen LogP contribution >= 0.6 is 0 Å². The number of ketones is 3. The van der Waals surface area contributed by atoms with Gasteiger partial charge in [0, 0.05) is 61.2 Å². The molecule has 0 saturated carbocycles. The maximum atomic E-state index is 14.4. The lowest BCUT2D eigenvalue weighted by Crippen LogP contribution is -2.50. The molecule has 6 aliphatic rings. The third-order valence-electron chi connectivity index (χ3n) is 13.8. The average Bonchev–Trinajstić information content (AvgIpc) is 3.86. The summed E-state index contributed by atoms with van der Waals surface area (Å²) in [6.45, 7) is 16.1. The van der Waals surface area contributed by atoms with Gasteiger partial charge in [-0.15, -0.1) is 0 Å². The lowest BCUT2D eigenvalue weighted by atomic mass is 9.77. The predicted octanol–water partition coefficient (Wildman–Crippen LogP) is 4.29. The highest BCUT2D eigenvalue weighted by Crippen LogP contribution is 2.48. The van der Waals surface area contributed by atoms with Crippen molar-refractivity contribution in [3.05, 3.63) is 70.2 Å². The Bertz CT molecular complexity index is 2420. The van der Waals surface area contributed by atoms with E-state index in [-0.39, 0.29) is 47.9 Å². The molecule has 20 heteroatoms. The van der Waals surface area contributed by atoms with Gasteiger partial charge in [0.05, 0.1) is 71.0 Å². The topological polar surface area (TPSA) is 286 Å². The zero-order valence-corrected chi connectivity index (χ0v) is 41.0. The summed E-state index contributed by atoms with van der Waals surface area (Å²) < 4.78 is 48.0. The first-order valence-corrected chi connectivity index (χ1v) is 23.1. The molecule has 5 N–H and O–H groups in total. The number of amides is 1. The molecule has 7 rings (SSSR count). The van der Waals surface area contributed by atoms with E-state index in [1.807, 2.05) is 0 Å². The number of aliphatic hydroxyl groups excluding tert-OH is 2. The molecular weight excluding hydrogens is 919 g/mol. The number of rotatable bonds is 8. The highest BCUT2D eigenvalue weighted by molar-refractivity contribution is 6.30. The molecule has 1 aromatic rings. The number of fused-ring (bicyclic) bond motifs is 15. The second-order valence-corrected chi connectivity index (χ2v) is 19.5. The Morgan fingerprint density at radius 2 is 1.64 bits per heavy atom. The molecule has 5 heterocycles. The van der Waals surface area contributed by atoms with Crippen molar-refractivity contribution in [2.45, 2.75) is 150 Å². The monoisotopic (exact) mass is 981 g/mol. The first-order chi connectivity index (χ1) is 32.7. The third-order valence-corrected chi connectivity index (χ3v) is 13.8. The number of esters is 2. The summed E-state index contributed by atoms with van der Waals surface area (Å²) >= 11 is 0. The van der Waals surface area contributed by atoms with E-state index < -0.39 is 148 Å². The average molecular weight is 982 g/mol. The zero-order valence-electron chi connectivity index (χ0n) is 41.0. The van der Waals surface area contributed by atoms with Gasteiger partial charge < -0.3 is 63.6 Å². The minimum absolute atomic E-state index is 0.0225. The van der Waals surface area contributed by atoms with Crippen molar-refractivity contribution in [2.24, 2.45) is 29.1 Å². The van der Waals surface area contributed by atoms with Crippen LogP contribution in [0.3, 0.4) is 0 Å². The number of Topliss-reactive ketones (excluding diaryl/α,β-unsaturated/α-hetero) is 2. The molecule has 5 bridgehead atoms. The van der Waals surface area contributed by atoms with Gasteiger partial charge in [-0.1, -0.05) is 39.0 Å². The molecule has 1 aliphatic carbocycles. The largest absolute Gasteiger partial charge is 0.507 e. The quantitative estimate of drug-likeness (QED) is 0.227. The van der Waals surface area contributed by atoms with Crippen LogP contribution in [0.15, 0.2) is 47.9 Å². The fourth-order valence-corrected chi connectivity index (χ4v) is 9.48. The molecule has 1 amide bonds. The van der Waals surface area contributed by atoms with Crippen LogP contribution in [0.5, 0.6) is 11.5 Å². The molecule has 14 atom stereocenters. The summed E-state index contributed by atoms with van der Waals surface area (Å²) in [5.74, 6) is -13.6. The van der Waals surface area contributed by atoms with Gasteiger partial charge in [0.1, 0.15) is 36.6 Å². The lowest BCUT2D eigenvalue weighted by Gasteiger charge is -2.41. The number of aliphatic hydroxyl groups is 2. The van der Waals surface area contributed by atoms with E-state index in [1.165, 1.54) is 79.7 Å². The van der Waals surface area contributed by atoms with Crippen LogP contribution in [0, 0.1) is 36.0 Å². The maximum Gasteiger partial charge on any atom is 0.312 e. The molecule has 2 fully saturated rings. The number of aliphatic carboxylic acids is 1. The first-order valence-electron chi connectivity index (χ1n) is 23.1. The number of phenols is 1. The van der Waals surface area contributed by atoms with E-state index in [9.17, 15) is 54.0 Å². The fourth-order valence-electron chi connectivity index (χ4n) is 9.48. The van der Waals surface area contributed by atoms with Crippen LogP contribution in [0.2, 0.25) is 0 Å². The van der Waals surface area contributed by atoms with Crippen molar-refractivity contribution in [1.29, 1.82) is 0 Å². The molecule has 0 spiro atoms. The van der Waals surface area contributed by atoms with Crippen LogP contribution in [0.25, 0.3) is 0 Å². The number of benzene rings is 1. The Kier molecular flexibility index (Phi) is 16.0. The number of carboxylic acid groups (broad SMARTS) is 1. The SMILES string of the molecule is CC(=O)O[C@@H]1[C@@H](C)[C@@H](O)[C@@H](C)[C@@H](O)[C@@H]([C@@H](C)OC(=O)C(C)(C)CC(=O)O)C=CC=C(C)C(=O)NC2=CC(=O)c3c(c(O)c(C)c4c3C(=O)[C@](C)(OC=C[C@H](O[C@@H]3C[C@@H]5OCO[C@@H]5[C@H](C)O3)[C@H]1C)O4)C2=O. The van der Waals surface area contributed by atoms with E-state index in [0.29, 0.717) is 0 Å². The molecule has 70 heavy (non-hydrogen) atoms. The van der Waals surface area contributed by atoms with E-state index in [1.54, 1.807) is 20.8 Å². The van der Waals surface area contributed by atoms with Gasteiger partial charge in [-0.25, -0.2) is 0 Å². The highest BCUT2D eigenvalue weighted by atomic mass is 16.7. The number of allylic oxidation sites excluding steroid dienone is 4. The summed E-state index contributed by atoms with van der Waals surface area (Å²) in [5.41, 5.74) is -3.40. The Balaban J connectivity index is 1.45. The Labute approximate surface area is 404 Å². The normalized spacial score (nSPS) is 33.3. The predicted molar refractivity (Wildman–Crippen MR) is 243 cm³/mol. The van der Waals surface area contributed by atoms with Gasteiger partial charge in [0.25, 0.3) is 11.7 Å². The van der Waals surface area contributed by atoms with Crippen molar-refractivity contribution in [3.63, 3.8) is 0 Å². The second kappa shape index (κ2) is 20.9. The van der Waals surface area contributed by atoms with E-state index in [0.717, 1.165) is 12.3 Å². The molecule has 0 unspecified atom stereocenters. The van der Waals surface area contributed by atoms with Crippen molar-refractivity contribution in [3.8, 4) is 11.5 Å². The molecule has 0 radical (unpaired) electrons. The molecule has 1 aromatic carbocycles. The van der Waals surface area contributed by atoms with Crippen LogP contribution in [-0.2, 0) is 52.3 Å². The minimum atomic E-state index is -2.18. The standard InChI is InChI=1S/C50H63NO19/c1-21-13-12-14-29(26(6)67-48(62)49(9,10)19-34(54)55)40(57)23(3)39(56)24(4)43(68-28(8)52)22(2)32(69-35-18-33-45(27(7)66-35)64-20-63-33)15-16-65-50(11)46(60)38-36-31(53)17-30(51-47(21)61)42(59)37(36)41(58)25(5)44(38)70-50/h12-17,22-24,26-27,29,32-33,35,39-40,43,45,56-58H,18-20H2,1-11H3,(H,51,61)(H,54,55)/t22-,23-,24+,26-,27+,29-,32+,33+,35-,39+,40-,43+,45-,50-/m1/s1. The summed E-state index contributed by atoms with van der Waals surface area (Å²) in [6.07, 6.45) is -1.45. The number of ether oxygens (including phenoxy) is 8. The zero-order chi connectivity index (χ0) is 51.9. The Morgan fingerprint density at radius 3 is 2.30 bits per heavy atom. The molecule has 5 aliphatic heterocycles. The third kappa shape index (κ3) is 10.8. The Morgan fingerprint density at radius 1 is 0.957 bits per heavy atom. The number of hydrogen-bond donors (Lipinski definition) is 5. The number of phenolic OH excluding ortho intramolecular Hbond substituents is 1. The van der Waals surface area contributed by atoms with Gasteiger partial charge >= 0.3 is 23.7 Å². The number of aromatic hydroxyl groups is 1. The molecule has 2 saturated heterocycles. The van der Waals surface area contributed by atoms with Gasteiger partial charge in [-0.2, -0.15) is 0 Å². The minimum Gasteiger partial charge on any atom is -0.507 e. The fraction of sp³-hybridized carbons (Fsp3) is 0.580. The molecule has 20 nitrogen and oxygen atoms in total. The number of carboxylic acids is 1. The summed E-state index contributed by atoms with van der Waals surface area (Å²) in [6, 6.07) is 0. The van der Waals surface area contributed by atoms with E-state index >= 15 is 0 Å². The number of carbonyl (C=O) groups excluding carboxylic acids is 6. The lowest BCUT2D eigenvalue weighted by molar-refractivity contribution is -0.246. The summed E-state index contributed by atoms with van der Waals surface area (Å²) in [5, 5.41) is 47.5. The summed E-state index contributed by atoms with van der Waals surface area (Å²) in [7, 11) is 0. The number of carbonyl (C=O) groups is 7. The van der Waals surface area contributed by atoms with Crippen LogP contribution in [0.1, 0.15) is 119 Å². The van der Waals surface area contributed by atoms with Crippen LogP contribution in [0.4, 0.5) is 0 Å². The summed E-state index contributed by atoms with van der Waals surface area (Å²) in [4.78, 5) is 93.6. The molecule has 0 aromatic heterocycles. The maximum absolute atomic E-state index is 14.4. The van der Waals surface area contributed by atoms with Gasteiger partial charge in [-0.3, -0.25) is 33.6 Å². The number of hydrogen-bond acceptors (Lipinski definition) is 18.